The van der Waals surface area contributed by atoms with Crippen molar-refractivity contribution in [2.24, 2.45) is 5.73 Å². The lowest BCUT2D eigenvalue weighted by Crippen LogP contribution is -2.43. The molecule has 10 heteroatoms. The van der Waals surface area contributed by atoms with Gasteiger partial charge >= 0.3 is 0 Å². The van der Waals surface area contributed by atoms with E-state index in [1.54, 1.807) is 20.3 Å². The van der Waals surface area contributed by atoms with E-state index in [2.05, 4.69) is 42.8 Å². The number of aromatic nitrogens is 3. The Kier molecular flexibility index (Phi) is 6.37. The van der Waals surface area contributed by atoms with Crippen LogP contribution >= 0.6 is 0 Å². The molecule has 3 aromatic rings. The van der Waals surface area contributed by atoms with Gasteiger partial charge in [-0.2, -0.15) is 4.98 Å². The smallest absolute Gasteiger partial charge is 0.273 e. The molecule has 1 atom stereocenters. The molecule has 4 N–H and O–H groups in total. The standard InChI is InChI=1S/C25H29N7O3/c1-34-19-8-5-6-17(13-19)27-24-22(23(26)33)30-31-25(29-24)28-20-11-16-14-32-9-4-3-7-18(32)10-15(16)12-21(20)35-2/h5-6,8,11-13,18H,3-4,7,9-10,14H2,1-2H3,(H2,26,33)(H2,27,28,29,31). The molecule has 1 unspecified atom stereocenters. The Bertz CT molecular complexity index is 1250. The second kappa shape index (κ2) is 9.75. The number of nitrogens with zero attached hydrogens (tertiary/aromatic N) is 4. The first-order valence-corrected chi connectivity index (χ1v) is 11.7. The minimum Gasteiger partial charge on any atom is -0.497 e. The number of piperidine rings is 1. The Morgan fingerprint density at radius 2 is 1.97 bits per heavy atom. The molecule has 0 spiro atoms. The summed E-state index contributed by atoms with van der Waals surface area (Å²) >= 11 is 0. The molecule has 1 fully saturated rings. The Morgan fingerprint density at radius 3 is 2.77 bits per heavy atom. The number of hydrogen-bond acceptors (Lipinski definition) is 9. The number of anilines is 4. The van der Waals surface area contributed by atoms with E-state index in [0.29, 0.717) is 23.2 Å². The van der Waals surface area contributed by atoms with E-state index in [-0.39, 0.29) is 17.5 Å². The number of carbonyl (C=O) groups excluding carboxylic acids is 1. The summed E-state index contributed by atoms with van der Waals surface area (Å²) in [5.41, 5.74) is 9.44. The Hall–Kier alpha value is -3.92. The molecule has 10 nitrogen and oxygen atoms in total. The van der Waals surface area contributed by atoms with Crippen molar-refractivity contribution in [2.75, 3.05) is 31.4 Å². The highest BCUT2D eigenvalue weighted by Gasteiger charge is 2.29. The molecule has 2 aliphatic heterocycles. The Labute approximate surface area is 203 Å². The quantitative estimate of drug-likeness (QED) is 0.471. The van der Waals surface area contributed by atoms with E-state index < -0.39 is 5.91 Å². The minimum atomic E-state index is -0.732. The van der Waals surface area contributed by atoms with Crippen LogP contribution in [-0.2, 0) is 13.0 Å². The van der Waals surface area contributed by atoms with Crippen LogP contribution in [0, 0.1) is 0 Å². The van der Waals surface area contributed by atoms with Crippen molar-refractivity contribution in [2.45, 2.75) is 38.3 Å². The van der Waals surface area contributed by atoms with Crippen LogP contribution in [-0.4, -0.2) is 52.8 Å². The zero-order chi connectivity index (χ0) is 24.4. The van der Waals surface area contributed by atoms with Crippen LogP contribution in [0.1, 0.15) is 40.9 Å². The van der Waals surface area contributed by atoms with Crippen LogP contribution < -0.4 is 25.8 Å². The Balaban J connectivity index is 1.44. The number of carbonyl (C=O) groups is 1. The highest BCUT2D eigenvalue weighted by molar-refractivity contribution is 5.96. The van der Waals surface area contributed by atoms with E-state index in [4.69, 9.17) is 15.2 Å². The highest BCUT2D eigenvalue weighted by atomic mass is 16.5. The number of methoxy groups -OCH3 is 2. The number of hydrogen-bond donors (Lipinski definition) is 3. The lowest BCUT2D eigenvalue weighted by Gasteiger charge is -2.40. The van der Waals surface area contributed by atoms with Crippen molar-refractivity contribution >= 4 is 29.0 Å². The number of rotatable bonds is 7. The van der Waals surface area contributed by atoms with Crippen LogP contribution in [0.2, 0.25) is 0 Å². The average molecular weight is 476 g/mol. The van der Waals surface area contributed by atoms with Gasteiger partial charge in [0.15, 0.2) is 11.5 Å². The fourth-order valence-electron chi connectivity index (χ4n) is 4.83. The predicted octanol–water partition coefficient (Wildman–Crippen LogP) is 3.39. The van der Waals surface area contributed by atoms with Crippen LogP contribution in [0.5, 0.6) is 11.5 Å². The van der Waals surface area contributed by atoms with E-state index >= 15 is 0 Å². The third kappa shape index (κ3) is 4.83. The van der Waals surface area contributed by atoms with Crippen molar-refractivity contribution < 1.29 is 14.3 Å². The molecular weight excluding hydrogens is 446 g/mol. The summed E-state index contributed by atoms with van der Waals surface area (Å²) in [7, 11) is 3.23. The van der Waals surface area contributed by atoms with Gasteiger partial charge < -0.3 is 25.8 Å². The van der Waals surface area contributed by atoms with Gasteiger partial charge in [0, 0.05) is 24.3 Å². The van der Waals surface area contributed by atoms with Gasteiger partial charge in [0.25, 0.3) is 5.91 Å². The summed E-state index contributed by atoms with van der Waals surface area (Å²) in [5, 5.41) is 14.4. The first-order chi connectivity index (χ1) is 17.0. The monoisotopic (exact) mass is 475 g/mol. The van der Waals surface area contributed by atoms with Crippen molar-refractivity contribution in [3.05, 3.63) is 53.2 Å². The largest absolute Gasteiger partial charge is 0.497 e. The van der Waals surface area contributed by atoms with Crippen LogP contribution in [0.3, 0.4) is 0 Å². The summed E-state index contributed by atoms with van der Waals surface area (Å²) in [6.07, 6.45) is 4.83. The summed E-state index contributed by atoms with van der Waals surface area (Å²) in [5.74, 6) is 1.04. The summed E-state index contributed by atoms with van der Waals surface area (Å²) < 4.78 is 10.9. The normalized spacial score (nSPS) is 17.1. The minimum absolute atomic E-state index is 0.0630. The molecule has 2 aliphatic rings. The molecule has 1 saturated heterocycles. The second-order valence-electron chi connectivity index (χ2n) is 8.82. The maximum Gasteiger partial charge on any atom is 0.273 e. The van der Waals surface area contributed by atoms with Gasteiger partial charge in [-0.3, -0.25) is 9.69 Å². The molecule has 182 valence electrons. The first-order valence-electron chi connectivity index (χ1n) is 11.7. The lowest BCUT2D eigenvalue weighted by molar-refractivity contribution is 0.0995. The van der Waals surface area contributed by atoms with E-state index in [0.717, 1.165) is 25.2 Å². The molecule has 1 aromatic heterocycles. The molecule has 2 aromatic carbocycles. The fraction of sp³-hybridized carbons (Fsp3) is 0.360. The molecule has 0 saturated carbocycles. The van der Waals surface area contributed by atoms with Gasteiger partial charge in [-0.15, -0.1) is 10.2 Å². The molecule has 3 heterocycles. The number of nitrogens with one attached hydrogen (secondary N) is 2. The van der Waals surface area contributed by atoms with E-state index in [1.807, 2.05) is 18.2 Å². The number of nitrogens with two attached hydrogens (primary N) is 1. The SMILES string of the molecule is COc1cccc(Nc2nc(Nc3cc4c(cc3OC)CC3CCCCN3C4)nnc2C(N)=O)c1. The van der Waals surface area contributed by atoms with Crippen molar-refractivity contribution in [3.8, 4) is 11.5 Å². The number of ether oxygens (including phenoxy) is 2. The lowest BCUT2D eigenvalue weighted by atomic mass is 9.88. The van der Waals surface area contributed by atoms with E-state index in [1.165, 1.54) is 30.4 Å². The summed E-state index contributed by atoms with van der Waals surface area (Å²) in [6, 6.07) is 12.1. The number of benzene rings is 2. The zero-order valence-electron chi connectivity index (χ0n) is 19.9. The molecule has 0 radical (unpaired) electrons. The average Bonchev–Trinajstić information content (AvgIpc) is 2.87. The topological polar surface area (TPSA) is 128 Å². The van der Waals surface area contributed by atoms with E-state index in [9.17, 15) is 4.79 Å². The van der Waals surface area contributed by atoms with Gasteiger partial charge in [0.1, 0.15) is 11.5 Å². The first kappa shape index (κ1) is 22.9. The van der Waals surface area contributed by atoms with Gasteiger partial charge in [-0.05, 0) is 61.2 Å². The summed E-state index contributed by atoms with van der Waals surface area (Å²) in [6.45, 7) is 2.06. The van der Waals surface area contributed by atoms with Gasteiger partial charge in [-0.25, -0.2) is 0 Å². The Morgan fingerprint density at radius 1 is 1.09 bits per heavy atom. The van der Waals surface area contributed by atoms with Crippen LogP contribution in [0.15, 0.2) is 36.4 Å². The second-order valence-corrected chi connectivity index (χ2v) is 8.82. The number of fused-ring (bicyclic) bond motifs is 2. The number of primary amides is 1. The molecule has 0 bridgehead atoms. The number of amides is 1. The van der Waals surface area contributed by atoms with Crippen LogP contribution in [0.4, 0.5) is 23.1 Å². The molecule has 0 aliphatic carbocycles. The van der Waals surface area contributed by atoms with Gasteiger partial charge in [0.05, 0.1) is 19.9 Å². The van der Waals surface area contributed by atoms with Crippen LogP contribution in [0.25, 0.3) is 0 Å². The van der Waals surface area contributed by atoms with Gasteiger partial charge in [-0.1, -0.05) is 12.5 Å². The molecular formula is C25H29N7O3. The fourth-order valence-corrected chi connectivity index (χ4v) is 4.83. The maximum atomic E-state index is 12.0. The predicted molar refractivity (Wildman–Crippen MR) is 133 cm³/mol. The maximum absolute atomic E-state index is 12.0. The van der Waals surface area contributed by atoms with Crippen molar-refractivity contribution in [1.29, 1.82) is 0 Å². The third-order valence-electron chi connectivity index (χ3n) is 6.60. The third-order valence-corrected chi connectivity index (χ3v) is 6.60. The van der Waals surface area contributed by atoms with Gasteiger partial charge in [0.2, 0.25) is 5.95 Å². The molecule has 5 rings (SSSR count). The van der Waals surface area contributed by atoms with Crippen molar-refractivity contribution in [3.63, 3.8) is 0 Å². The molecule has 1 amide bonds. The highest BCUT2D eigenvalue weighted by Crippen LogP contribution is 2.36. The van der Waals surface area contributed by atoms with Crippen molar-refractivity contribution in [1.82, 2.24) is 20.1 Å². The summed E-state index contributed by atoms with van der Waals surface area (Å²) in [4.78, 5) is 19.0. The molecule has 35 heavy (non-hydrogen) atoms. The zero-order valence-corrected chi connectivity index (χ0v) is 19.9.